The lowest BCUT2D eigenvalue weighted by Crippen LogP contribution is -2.24. The van der Waals surface area contributed by atoms with Crippen molar-refractivity contribution >= 4 is 17.0 Å². The molecule has 0 bridgehead atoms. The van der Waals surface area contributed by atoms with Gasteiger partial charge < -0.3 is 10.2 Å². The van der Waals surface area contributed by atoms with Gasteiger partial charge >= 0.3 is 0 Å². The SMILES string of the molecule is CCCNCc1cccc(F)c1N(C)CCc1cccs1. The highest BCUT2D eigenvalue weighted by Crippen LogP contribution is 2.24. The first-order valence-corrected chi connectivity index (χ1v) is 8.32. The summed E-state index contributed by atoms with van der Waals surface area (Å²) in [5.74, 6) is -0.139. The van der Waals surface area contributed by atoms with Crippen LogP contribution in [-0.4, -0.2) is 20.1 Å². The Hall–Kier alpha value is -1.39. The van der Waals surface area contributed by atoms with Crippen LogP contribution in [0.4, 0.5) is 10.1 Å². The third kappa shape index (κ3) is 4.55. The fourth-order valence-corrected chi connectivity index (χ4v) is 3.07. The molecule has 0 amide bonds. The normalized spacial score (nSPS) is 10.8. The topological polar surface area (TPSA) is 15.3 Å². The summed E-state index contributed by atoms with van der Waals surface area (Å²) < 4.78 is 14.2. The van der Waals surface area contributed by atoms with Crippen LogP contribution in [0, 0.1) is 5.82 Å². The fraction of sp³-hybridized carbons (Fsp3) is 0.412. The summed E-state index contributed by atoms with van der Waals surface area (Å²) in [6, 6.07) is 9.52. The van der Waals surface area contributed by atoms with Crippen molar-refractivity contribution in [3.05, 3.63) is 52.0 Å². The molecule has 114 valence electrons. The Morgan fingerprint density at radius 2 is 2.10 bits per heavy atom. The largest absolute Gasteiger partial charge is 0.372 e. The number of benzene rings is 1. The second-order valence-electron chi connectivity index (χ2n) is 5.18. The minimum Gasteiger partial charge on any atom is -0.372 e. The summed E-state index contributed by atoms with van der Waals surface area (Å²) in [6.45, 7) is 4.62. The highest BCUT2D eigenvalue weighted by molar-refractivity contribution is 7.09. The summed E-state index contributed by atoms with van der Waals surface area (Å²) in [5.41, 5.74) is 1.75. The van der Waals surface area contributed by atoms with Gasteiger partial charge in [0.15, 0.2) is 0 Å². The van der Waals surface area contributed by atoms with Gasteiger partial charge in [-0.15, -0.1) is 11.3 Å². The van der Waals surface area contributed by atoms with E-state index in [2.05, 4.69) is 29.8 Å². The van der Waals surface area contributed by atoms with E-state index in [0.29, 0.717) is 6.54 Å². The van der Waals surface area contributed by atoms with Crippen molar-refractivity contribution in [2.45, 2.75) is 26.3 Å². The molecule has 2 rings (SSSR count). The van der Waals surface area contributed by atoms with Gasteiger partial charge in [0.2, 0.25) is 0 Å². The Labute approximate surface area is 130 Å². The molecule has 0 spiro atoms. The van der Waals surface area contributed by atoms with Gasteiger partial charge in [-0.1, -0.05) is 25.1 Å². The molecule has 0 aliphatic heterocycles. The molecule has 0 unspecified atom stereocenters. The van der Waals surface area contributed by atoms with E-state index in [4.69, 9.17) is 0 Å². The minimum atomic E-state index is -0.139. The van der Waals surface area contributed by atoms with Crippen molar-refractivity contribution in [2.24, 2.45) is 0 Å². The van der Waals surface area contributed by atoms with E-state index in [0.717, 1.165) is 37.2 Å². The van der Waals surface area contributed by atoms with Crippen LogP contribution in [0.2, 0.25) is 0 Å². The molecule has 1 N–H and O–H groups in total. The molecule has 1 heterocycles. The molecule has 0 saturated heterocycles. The van der Waals surface area contributed by atoms with E-state index >= 15 is 0 Å². The molecule has 0 saturated carbocycles. The van der Waals surface area contributed by atoms with Crippen molar-refractivity contribution in [3.8, 4) is 0 Å². The number of thiophene rings is 1. The highest BCUT2D eigenvalue weighted by atomic mass is 32.1. The Kier molecular flexibility index (Phi) is 6.21. The second kappa shape index (κ2) is 8.15. The third-order valence-corrected chi connectivity index (χ3v) is 4.40. The number of rotatable bonds is 8. The summed E-state index contributed by atoms with van der Waals surface area (Å²) >= 11 is 1.75. The van der Waals surface area contributed by atoms with Gasteiger partial charge in [-0.2, -0.15) is 0 Å². The predicted molar refractivity (Wildman–Crippen MR) is 89.7 cm³/mol. The number of para-hydroxylation sites is 1. The summed E-state index contributed by atoms with van der Waals surface area (Å²) in [5, 5.41) is 5.43. The van der Waals surface area contributed by atoms with Crippen LogP contribution in [0.3, 0.4) is 0 Å². The average Bonchev–Trinajstić information content (AvgIpc) is 2.98. The number of hydrogen-bond donors (Lipinski definition) is 1. The molecular formula is C17H23FN2S. The lowest BCUT2D eigenvalue weighted by molar-refractivity contribution is 0.613. The Morgan fingerprint density at radius 3 is 2.81 bits per heavy atom. The standard InChI is InChI=1S/C17H23FN2S/c1-3-10-19-13-14-6-4-8-16(18)17(14)20(2)11-9-15-7-5-12-21-15/h4-8,12,19H,3,9-11,13H2,1-2H3. The molecular weight excluding hydrogens is 283 g/mol. The summed E-state index contributed by atoms with van der Waals surface area (Å²) in [6.07, 6.45) is 2.03. The van der Waals surface area contributed by atoms with E-state index in [1.54, 1.807) is 23.5 Å². The molecule has 0 aliphatic rings. The van der Waals surface area contributed by atoms with Crippen LogP contribution in [-0.2, 0) is 13.0 Å². The molecule has 0 fully saturated rings. The molecule has 2 aromatic rings. The Morgan fingerprint density at radius 1 is 1.24 bits per heavy atom. The van der Waals surface area contributed by atoms with Gasteiger partial charge in [0, 0.05) is 25.0 Å². The van der Waals surface area contributed by atoms with E-state index in [-0.39, 0.29) is 5.82 Å². The number of nitrogens with zero attached hydrogens (tertiary/aromatic N) is 1. The number of hydrogen-bond acceptors (Lipinski definition) is 3. The highest BCUT2D eigenvalue weighted by Gasteiger charge is 2.12. The van der Waals surface area contributed by atoms with E-state index < -0.39 is 0 Å². The van der Waals surface area contributed by atoms with Gasteiger partial charge in [-0.3, -0.25) is 0 Å². The van der Waals surface area contributed by atoms with Gasteiger partial charge in [0.05, 0.1) is 5.69 Å². The van der Waals surface area contributed by atoms with Crippen molar-refractivity contribution in [2.75, 3.05) is 25.0 Å². The molecule has 4 heteroatoms. The lowest BCUT2D eigenvalue weighted by atomic mass is 10.1. The smallest absolute Gasteiger partial charge is 0.146 e. The Bertz CT molecular complexity index is 540. The predicted octanol–water partition coefficient (Wildman–Crippen LogP) is 4.07. The zero-order valence-corrected chi connectivity index (χ0v) is 13.5. The first kappa shape index (κ1) is 16.0. The van der Waals surface area contributed by atoms with Crippen LogP contribution in [0.25, 0.3) is 0 Å². The molecule has 0 aliphatic carbocycles. The molecule has 0 radical (unpaired) electrons. The van der Waals surface area contributed by atoms with Gasteiger partial charge in [0.1, 0.15) is 5.82 Å². The maximum atomic E-state index is 14.2. The number of halogens is 1. The number of likely N-dealkylation sites (N-methyl/N-ethyl adjacent to an activating group) is 1. The second-order valence-corrected chi connectivity index (χ2v) is 6.21. The van der Waals surface area contributed by atoms with Crippen molar-refractivity contribution < 1.29 is 4.39 Å². The summed E-state index contributed by atoms with van der Waals surface area (Å²) in [4.78, 5) is 3.36. The van der Waals surface area contributed by atoms with Crippen LogP contribution in [0.15, 0.2) is 35.7 Å². The lowest BCUT2D eigenvalue weighted by Gasteiger charge is -2.23. The van der Waals surface area contributed by atoms with Crippen molar-refractivity contribution in [1.82, 2.24) is 5.32 Å². The number of nitrogens with one attached hydrogen (secondary N) is 1. The molecule has 1 aromatic carbocycles. The van der Waals surface area contributed by atoms with Gasteiger partial charge in [0.25, 0.3) is 0 Å². The quantitative estimate of drug-likeness (QED) is 0.740. The van der Waals surface area contributed by atoms with Crippen LogP contribution in [0.5, 0.6) is 0 Å². The first-order chi connectivity index (χ1) is 10.2. The average molecular weight is 306 g/mol. The van der Waals surface area contributed by atoms with Crippen molar-refractivity contribution in [3.63, 3.8) is 0 Å². The van der Waals surface area contributed by atoms with E-state index in [1.165, 1.54) is 4.88 Å². The van der Waals surface area contributed by atoms with Gasteiger partial charge in [-0.25, -0.2) is 4.39 Å². The fourth-order valence-electron chi connectivity index (χ4n) is 2.37. The zero-order valence-electron chi connectivity index (χ0n) is 12.7. The monoisotopic (exact) mass is 306 g/mol. The van der Waals surface area contributed by atoms with E-state index in [1.807, 2.05) is 18.0 Å². The molecule has 21 heavy (non-hydrogen) atoms. The third-order valence-electron chi connectivity index (χ3n) is 3.47. The van der Waals surface area contributed by atoms with Crippen LogP contribution < -0.4 is 10.2 Å². The number of anilines is 1. The zero-order chi connectivity index (χ0) is 15.1. The van der Waals surface area contributed by atoms with Crippen LogP contribution in [0.1, 0.15) is 23.8 Å². The maximum absolute atomic E-state index is 14.2. The van der Waals surface area contributed by atoms with E-state index in [9.17, 15) is 4.39 Å². The Balaban J connectivity index is 2.05. The molecule has 2 nitrogen and oxygen atoms in total. The molecule has 0 atom stereocenters. The minimum absolute atomic E-state index is 0.139. The van der Waals surface area contributed by atoms with Gasteiger partial charge in [-0.05, 0) is 42.5 Å². The van der Waals surface area contributed by atoms with Crippen LogP contribution >= 0.6 is 11.3 Å². The maximum Gasteiger partial charge on any atom is 0.146 e. The molecule has 1 aromatic heterocycles. The van der Waals surface area contributed by atoms with Crippen molar-refractivity contribution in [1.29, 1.82) is 0 Å². The first-order valence-electron chi connectivity index (χ1n) is 7.44. The summed E-state index contributed by atoms with van der Waals surface area (Å²) in [7, 11) is 1.97.